The minimum atomic E-state index is -5.06. The average Bonchev–Trinajstić information content (AvgIpc) is 2.82. The van der Waals surface area contributed by atoms with Crippen molar-refractivity contribution in [2.45, 2.75) is 18.9 Å². The number of carbonyl (C=O) groups is 1. The molecule has 5 nitrogen and oxygen atoms in total. The Morgan fingerprint density at radius 2 is 1.50 bits per heavy atom. The molecule has 0 aliphatic rings. The lowest BCUT2D eigenvalue weighted by atomic mass is 9.99. The molecule has 4 aromatic rings. The Morgan fingerprint density at radius 1 is 0.889 bits per heavy atom. The molecule has 1 N–H and O–H groups in total. The third-order valence-electron chi connectivity index (χ3n) is 5.17. The highest BCUT2D eigenvalue weighted by Gasteiger charge is 2.37. The lowest BCUT2D eigenvalue weighted by Crippen LogP contribution is -2.25. The van der Waals surface area contributed by atoms with Gasteiger partial charge in [-0.05, 0) is 47.5 Å². The molecule has 0 aliphatic heterocycles. The summed E-state index contributed by atoms with van der Waals surface area (Å²) in [5.41, 5.74) is -4.20. The lowest BCUT2D eigenvalue weighted by Gasteiger charge is -2.15. The maximum atomic E-state index is 13.5. The number of fused-ring (bicyclic) bond motifs is 1. The van der Waals surface area contributed by atoms with E-state index < -0.39 is 58.7 Å². The fourth-order valence-electron chi connectivity index (χ4n) is 3.54. The van der Waals surface area contributed by atoms with E-state index in [-0.39, 0.29) is 28.0 Å². The van der Waals surface area contributed by atoms with Gasteiger partial charge in [-0.2, -0.15) is 26.3 Å². The molecule has 0 unspecified atom stereocenters. The topological polar surface area (TPSA) is 72.2 Å². The van der Waals surface area contributed by atoms with Gasteiger partial charge >= 0.3 is 18.0 Å². The number of benzene rings is 2. The quantitative estimate of drug-likeness (QED) is 0.344. The fraction of sp³-hybridized carbons (Fsp3) is 0.125. The highest BCUT2D eigenvalue weighted by molar-refractivity contribution is 6.06. The Labute approximate surface area is 197 Å². The van der Waals surface area contributed by atoms with E-state index in [0.717, 1.165) is 12.1 Å². The van der Waals surface area contributed by atoms with E-state index in [0.29, 0.717) is 12.1 Å². The number of halogens is 7. The molecule has 0 saturated heterocycles. The fourth-order valence-corrected chi connectivity index (χ4v) is 3.54. The van der Waals surface area contributed by atoms with Crippen molar-refractivity contribution in [1.82, 2.24) is 10.3 Å². The summed E-state index contributed by atoms with van der Waals surface area (Å²) in [6.45, 7) is -0.743. The van der Waals surface area contributed by atoms with E-state index >= 15 is 0 Å². The molecule has 0 fully saturated rings. The van der Waals surface area contributed by atoms with Crippen LogP contribution in [-0.4, -0.2) is 10.9 Å². The molecule has 0 atom stereocenters. The molecule has 0 radical (unpaired) electrons. The maximum Gasteiger partial charge on any atom is 0.416 e. The van der Waals surface area contributed by atoms with Crippen LogP contribution in [0.5, 0.6) is 0 Å². The first kappa shape index (κ1) is 24.9. The van der Waals surface area contributed by atoms with Crippen LogP contribution in [0.1, 0.15) is 27.2 Å². The van der Waals surface area contributed by atoms with Gasteiger partial charge in [-0.3, -0.25) is 9.78 Å². The Bertz CT molecular complexity index is 1480. The molecule has 2 heterocycles. The second kappa shape index (κ2) is 9.10. The third-order valence-corrected chi connectivity index (χ3v) is 5.17. The van der Waals surface area contributed by atoms with Crippen LogP contribution in [-0.2, 0) is 18.9 Å². The molecule has 36 heavy (non-hydrogen) atoms. The number of nitrogens with zero attached hydrogens (tertiary/aromatic N) is 1. The monoisotopic (exact) mass is 510 g/mol. The zero-order chi connectivity index (χ0) is 26.3. The first-order valence-corrected chi connectivity index (χ1v) is 10.1. The summed E-state index contributed by atoms with van der Waals surface area (Å²) in [7, 11) is 0. The standard InChI is InChI=1S/C24H13F7N2O3/c25-16-3-1-13(2-4-16)19-17-5-6-32-11-18(17)22(35)36-20(19)21(34)33-10-12-7-14(23(26,27)28)9-15(8-12)24(29,30)31/h1-9,11H,10H2,(H,33,34). The van der Waals surface area contributed by atoms with Gasteiger partial charge in [0.05, 0.1) is 16.5 Å². The molecule has 2 aromatic carbocycles. The van der Waals surface area contributed by atoms with Gasteiger partial charge < -0.3 is 9.73 Å². The molecule has 0 aliphatic carbocycles. The van der Waals surface area contributed by atoms with Crippen molar-refractivity contribution in [3.8, 4) is 11.1 Å². The minimum Gasteiger partial charge on any atom is -0.416 e. The van der Waals surface area contributed by atoms with Crippen LogP contribution in [0.2, 0.25) is 0 Å². The Balaban J connectivity index is 1.76. The summed E-state index contributed by atoms with van der Waals surface area (Å²) in [4.78, 5) is 29.2. The molecule has 0 spiro atoms. The third kappa shape index (κ3) is 5.07. The van der Waals surface area contributed by atoms with E-state index in [1.165, 1.54) is 30.6 Å². The van der Waals surface area contributed by atoms with Crippen LogP contribution in [0, 0.1) is 5.82 Å². The molecular weight excluding hydrogens is 497 g/mol. The number of amides is 1. The minimum absolute atomic E-state index is 0.000993. The second-order valence-corrected chi connectivity index (χ2v) is 7.62. The summed E-state index contributed by atoms with van der Waals surface area (Å²) in [6, 6.07) is 7.12. The predicted molar refractivity (Wildman–Crippen MR) is 113 cm³/mol. The van der Waals surface area contributed by atoms with E-state index in [9.17, 15) is 40.3 Å². The second-order valence-electron chi connectivity index (χ2n) is 7.62. The number of aromatic nitrogens is 1. The normalized spacial score (nSPS) is 12.1. The van der Waals surface area contributed by atoms with Crippen molar-refractivity contribution in [3.05, 3.63) is 99.6 Å². The summed E-state index contributed by atoms with van der Waals surface area (Å²) in [6.07, 6.45) is -7.60. The van der Waals surface area contributed by atoms with Crippen LogP contribution in [0.4, 0.5) is 30.7 Å². The predicted octanol–water partition coefficient (Wildman–Crippen LogP) is 5.96. The van der Waals surface area contributed by atoms with Crippen LogP contribution in [0.3, 0.4) is 0 Å². The van der Waals surface area contributed by atoms with Gasteiger partial charge in [-0.1, -0.05) is 12.1 Å². The van der Waals surface area contributed by atoms with E-state index in [2.05, 4.69) is 10.3 Å². The van der Waals surface area contributed by atoms with Gasteiger partial charge in [0.15, 0.2) is 0 Å². The van der Waals surface area contributed by atoms with E-state index in [4.69, 9.17) is 4.42 Å². The number of rotatable bonds is 4. The number of nitrogens with one attached hydrogen (secondary N) is 1. The van der Waals surface area contributed by atoms with Crippen LogP contribution >= 0.6 is 0 Å². The average molecular weight is 510 g/mol. The van der Waals surface area contributed by atoms with Gasteiger partial charge in [-0.15, -0.1) is 0 Å². The maximum absolute atomic E-state index is 13.5. The number of alkyl halides is 6. The van der Waals surface area contributed by atoms with Gasteiger partial charge in [0.1, 0.15) is 5.82 Å². The SMILES string of the molecule is O=C(NCc1cc(C(F)(F)F)cc(C(F)(F)F)c1)c1oc(=O)c2cnccc2c1-c1ccc(F)cc1. The van der Waals surface area contributed by atoms with Crippen molar-refractivity contribution in [1.29, 1.82) is 0 Å². The zero-order valence-electron chi connectivity index (χ0n) is 17.8. The lowest BCUT2D eigenvalue weighted by molar-refractivity contribution is -0.143. The highest BCUT2D eigenvalue weighted by atomic mass is 19.4. The van der Waals surface area contributed by atoms with E-state index in [1.807, 2.05) is 0 Å². The van der Waals surface area contributed by atoms with Crippen LogP contribution in [0.25, 0.3) is 21.9 Å². The van der Waals surface area contributed by atoms with Gasteiger partial charge in [0.2, 0.25) is 5.76 Å². The number of pyridine rings is 1. The smallest absolute Gasteiger partial charge is 0.416 e. The van der Waals surface area contributed by atoms with Crippen molar-refractivity contribution < 1.29 is 39.9 Å². The Kier molecular flexibility index (Phi) is 6.29. The largest absolute Gasteiger partial charge is 0.416 e. The Hall–Kier alpha value is -4.22. The van der Waals surface area contributed by atoms with Crippen LogP contribution in [0.15, 0.2) is 70.1 Å². The molecule has 2 aromatic heterocycles. The van der Waals surface area contributed by atoms with Crippen molar-refractivity contribution in [3.63, 3.8) is 0 Å². The molecule has 186 valence electrons. The first-order chi connectivity index (χ1) is 16.8. The van der Waals surface area contributed by atoms with Gasteiger partial charge in [0.25, 0.3) is 5.91 Å². The molecule has 0 saturated carbocycles. The number of hydrogen-bond acceptors (Lipinski definition) is 4. The zero-order valence-corrected chi connectivity index (χ0v) is 17.8. The summed E-state index contributed by atoms with van der Waals surface area (Å²) in [5.74, 6) is -2.23. The Morgan fingerprint density at radius 3 is 2.08 bits per heavy atom. The molecule has 12 heteroatoms. The van der Waals surface area contributed by atoms with Gasteiger partial charge in [-0.25, -0.2) is 9.18 Å². The summed E-state index contributed by atoms with van der Waals surface area (Å²) < 4.78 is 97.4. The molecule has 4 rings (SSSR count). The summed E-state index contributed by atoms with van der Waals surface area (Å²) in [5, 5.41) is 2.41. The number of carbonyl (C=O) groups excluding carboxylic acids is 1. The van der Waals surface area contributed by atoms with Crippen molar-refractivity contribution >= 4 is 16.7 Å². The van der Waals surface area contributed by atoms with Crippen molar-refractivity contribution in [2.75, 3.05) is 0 Å². The van der Waals surface area contributed by atoms with E-state index in [1.54, 1.807) is 0 Å². The number of hydrogen-bond donors (Lipinski definition) is 1. The molecule has 1 amide bonds. The summed E-state index contributed by atoms with van der Waals surface area (Å²) >= 11 is 0. The van der Waals surface area contributed by atoms with Gasteiger partial charge in [0, 0.05) is 29.9 Å². The molecule has 0 bridgehead atoms. The first-order valence-electron chi connectivity index (χ1n) is 10.1. The van der Waals surface area contributed by atoms with Crippen LogP contribution < -0.4 is 10.9 Å². The highest BCUT2D eigenvalue weighted by Crippen LogP contribution is 2.36. The van der Waals surface area contributed by atoms with Crippen molar-refractivity contribution in [2.24, 2.45) is 0 Å². The molecular formula is C24H13F7N2O3.